The van der Waals surface area contributed by atoms with Gasteiger partial charge in [-0.3, -0.25) is 24.1 Å². The van der Waals surface area contributed by atoms with Crippen molar-refractivity contribution < 1.29 is 28.7 Å². The smallest absolute Gasteiger partial charge is 0.261 e. The highest BCUT2D eigenvalue weighted by Crippen LogP contribution is 2.52. The molecule has 0 spiro atoms. The molecule has 5 aromatic carbocycles. The van der Waals surface area contributed by atoms with Crippen LogP contribution in [0.5, 0.6) is 11.5 Å². The Morgan fingerprint density at radius 2 is 1.09 bits per heavy atom. The zero-order valence-corrected chi connectivity index (χ0v) is 27.7. The molecule has 5 aromatic rings. The third kappa shape index (κ3) is 4.61. The molecular formula is C40H41NO6. The number of rotatable bonds is 13. The lowest BCUT2D eigenvalue weighted by atomic mass is 9.75. The summed E-state index contributed by atoms with van der Waals surface area (Å²) in [5, 5.41) is 6.00. The van der Waals surface area contributed by atoms with Gasteiger partial charge >= 0.3 is 0 Å². The van der Waals surface area contributed by atoms with Crippen molar-refractivity contribution in [3.05, 3.63) is 58.7 Å². The lowest BCUT2D eigenvalue weighted by Gasteiger charge is -2.30. The standard InChI is InChI=1S/C40H41NO6/c1-5-9-11-17-41-39(44)25-16-14-23-22-13-15-24-31-27(38(43)26(37(24)42)12-10-6-2)20-29(46-18-7-3)35(33(22)31)36-30(47-19-8-4)21-28(40(41)45)32(25)34(23)36/h13-16,20-21,26H,5-12,17-19H2,1-4H3. The number of benzene rings is 5. The number of carbonyl (C=O) groups excluding carboxylic acids is 4. The number of hydrogen-bond acceptors (Lipinski definition) is 6. The average molecular weight is 632 g/mol. The summed E-state index contributed by atoms with van der Waals surface area (Å²) in [6.07, 6.45) is 6.38. The molecule has 0 bridgehead atoms. The summed E-state index contributed by atoms with van der Waals surface area (Å²) in [5.74, 6) is -0.503. The van der Waals surface area contributed by atoms with Gasteiger partial charge in [0.15, 0.2) is 11.6 Å². The molecule has 47 heavy (non-hydrogen) atoms. The number of amides is 2. The van der Waals surface area contributed by atoms with Crippen LogP contribution >= 0.6 is 0 Å². The number of imide groups is 1. The Morgan fingerprint density at radius 1 is 0.553 bits per heavy atom. The van der Waals surface area contributed by atoms with Crippen molar-refractivity contribution in [2.24, 2.45) is 5.92 Å². The number of fused-ring (bicyclic) bond motifs is 2. The van der Waals surface area contributed by atoms with Gasteiger partial charge in [0.2, 0.25) is 0 Å². The molecule has 0 aromatic heterocycles. The van der Waals surface area contributed by atoms with Crippen LogP contribution in [0.25, 0.3) is 43.1 Å². The van der Waals surface area contributed by atoms with Gasteiger partial charge in [0.1, 0.15) is 11.5 Å². The van der Waals surface area contributed by atoms with Crippen LogP contribution in [0.1, 0.15) is 120 Å². The first kappa shape index (κ1) is 31.1. The van der Waals surface area contributed by atoms with Gasteiger partial charge < -0.3 is 9.47 Å². The molecule has 1 aliphatic carbocycles. The van der Waals surface area contributed by atoms with Crippen LogP contribution in [-0.2, 0) is 0 Å². The number of ether oxygens (including phenoxy) is 2. The van der Waals surface area contributed by atoms with Crippen molar-refractivity contribution in [3.63, 3.8) is 0 Å². The minimum Gasteiger partial charge on any atom is -0.493 e. The monoisotopic (exact) mass is 631 g/mol. The third-order valence-electron chi connectivity index (χ3n) is 9.90. The van der Waals surface area contributed by atoms with Gasteiger partial charge in [-0.1, -0.05) is 71.6 Å². The molecule has 1 unspecified atom stereocenters. The van der Waals surface area contributed by atoms with Crippen LogP contribution in [0, 0.1) is 5.92 Å². The molecule has 7 nitrogen and oxygen atoms in total. The predicted molar refractivity (Wildman–Crippen MR) is 186 cm³/mol. The molecule has 242 valence electrons. The maximum atomic E-state index is 14.1. The highest BCUT2D eigenvalue weighted by atomic mass is 16.5. The Labute approximate surface area is 274 Å². The van der Waals surface area contributed by atoms with Crippen LogP contribution in [0.3, 0.4) is 0 Å². The summed E-state index contributed by atoms with van der Waals surface area (Å²) in [7, 11) is 0. The van der Waals surface area contributed by atoms with Gasteiger partial charge in [0.05, 0.1) is 24.7 Å². The summed E-state index contributed by atoms with van der Waals surface area (Å²) in [4.78, 5) is 57.4. The Hall–Kier alpha value is -4.52. The first-order valence-corrected chi connectivity index (χ1v) is 17.4. The highest BCUT2D eigenvalue weighted by molar-refractivity contribution is 6.43. The zero-order chi connectivity index (χ0) is 33.0. The van der Waals surface area contributed by atoms with Crippen LogP contribution < -0.4 is 9.47 Å². The van der Waals surface area contributed by atoms with E-state index in [0.717, 1.165) is 77.3 Å². The molecule has 0 saturated heterocycles. The summed E-state index contributed by atoms with van der Waals surface area (Å²) in [5.41, 5.74) is 2.02. The summed E-state index contributed by atoms with van der Waals surface area (Å²) in [6.45, 7) is 9.44. The van der Waals surface area contributed by atoms with E-state index in [9.17, 15) is 19.2 Å². The first-order valence-electron chi connectivity index (χ1n) is 17.4. The van der Waals surface area contributed by atoms with E-state index in [1.54, 1.807) is 6.07 Å². The van der Waals surface area contributed by atoms with E-state index < -0.39 is 5.92 Å². The van der Waals surface area contributed by atoms with Gasteiger partial charge in [-0.25, -0.2) is 0 Å². The van der Waals surface area contributed by atoms with E-state index in [1.165, 1.54) is 4.90 Å². The number of Topliss-reactive ketones (excluding diaryl/α,β-unsaturated/α-hetero) is 2. The molecule has 0 N–H and O–H groups in total. The Bertz CT molecular complexity index is 2110. The molecule has 7 rings (SSSR count). The summed E-state index contributed by atoms with van der Waals surface area (Å²) in [6, 6.07) is 11.2. The number of unbranched alkanes of at least 4 members (excludes halogenated alkanes) is 3. The quantitative estimate of drug-likeness (QED) is 0.0423. The SMILES string of the molecule is CCCCCN1C(=O)c2ccc3c4ccc5c6c(cc(OCCC)c(c7c(OCCC)cc(c2c37)C1=O)c64)C(=O)C(CCCC)C5=O. The molecular weight excluding hydrogens is 590 g/mol. The molecule has 2 amide bonds. The van der Waals surface area contributed by atoms with Crippen molar-refractivity contribution in [2.75, 3.05) is 19.8 Å². The van der Waals surface area contributed by atoms with Crippen LogP contribution in [0.2, 0.25) is 0 Å². The largest absolute Gasteiger partial charge is 0.493 e. The number of ketones is 2. The topological polar surface area (TPSA) is 90.0 Å². The van der Waals surface area contributed by atoms with E-state index in [2.05, 4.69) is 13.8 Å². The predicted octanol–water partition coefficient (Wildman–Crippen LogP) is 9.29. The third-order valence-corrected chi connectivity index (χ3v) is 9.90. The second-order valence-corrected chi connectivity index (χ2v) is 13.0. The lowest BCUT2D eigenvalue weighted by Crippen LogP contribution is -2.41. The number of carbonyl (C=O) groups is 4. The molecule has 1 atom stereocenters. The summed E-state index contributed by atoms with van der Waals surface area (Å²) < 4.78 is 12.9. The lowest BCUT2D eigenvalue weighted by molar-refractivity contribution is 0.0606. The molecule has 0 saturated carbocycles. The molecule has 1 heterocycles. The highest BCUT2D eigenvalue weighted by Gasteiger charge is 2.39. The van der Waals surface area contributed by atoms with Gasteiger partial charge in [-0.15, -0.1) is 0 Å². The van der Waals surface area contributed by atoms with Crippen molar-refractivity contribution in [3.8, 4) is 11.5 Å². The van der Waals surface area contributed by atoms with Gasteiger partial charge in [0.25, 0.3) is 11.8 Å². The van der Waals surface area contributed by atoms with Gasteiger partial charge in [-0.05, 0) is 54.7 Å². The van der Waals surface area contributed by atoms with Crippen molar-refractivity contribution in [1.82, 2.24) is 4.90 Å². The van der Waals surface area contributed by atoms with E-state index in [-0.39, 0.29) is 23.4 Å². The Morgan fingerprint density at radius 3 is 1.68 bits per heavy atom. The van der Waals surface area contributed by atoms with Crippen LogP contribution in [0.4, 0.5) is 0 Å². The second kappa shape index (κ2) is 12.3. The molecule has 1 aliphatic heterocycles. The zero-order valence-electron chi connectivity index (χ0n) is 27.7. The normalized spacial score (nSPS) is 16.1. The maximum Gasteiger partial charge on any atom is 0.261 e. The maximum absolute atomic E-state index is 14.1. The van der Waals surface area contributed by atoms with Gasteiger partial charge in [0, 0.05) is 55.6 Å². The summed E-state index contributed by atoms with van der Waals surface area (Å²) >= 11 is 0. The fraction of sp³-hybridized carbons (Fsp3) is 0.400. The molecule has 0 radical (unpaired) electrons. The Balaban J connectivity index is 1.62. The van der Waals surface area contributed by atoms with Crippen molar-refractivity contribution >= 4 is 66.5 Å². The molecule has 0 fully saturated rings. The van der Waals surface area contributed by atoms with E-state index in [0.29, 0.717) is 70.7 Å². The number of nitrogens with zero attached hydrogens (tertiary/aromatic N) is 1. The molecule has 2 aliphatic rings. The van der Waals surface area contributed by atoms with Crippen LogP contribution in [-0.4, -0.2) is 48.0 Å². The minimum absolute atomic E-state index is 0.131. The van der Waals surface area contributed by atoms with Crippen molar-refractivity contribution in [1.29, 1.82) is 0 Å². The number of hydrogen-bond donors (Lipinski definition) is 0. The Kier molecular flexibility index (Phi) is 8.11. The van der Waals surface area contributed by atoms with E-state index in [1.807, 2.05) is 44.2 Å². The van der Waals surface area contributed by atoms with Gasteiger partial charge in [-0.2, -0.15) is 0 Å². The van der Waals surface area contributed by atoms with E-state index >= 15 is 0 Å². The fourth-order valence-electron chi connectivity index (χ4n) is 7.70. The first-order chi connectivity index (χ1) is 22.9. The average Bonchev–Trinajstić information content (AvgIpc) is 3.08. The molecule has 7 heteroatoms. The minimum atomic E-state index is -0.705. The van der Waals surface area contributed by atoms with Crippen LogP contribution in [0.15, 0.2) is 36.4 Å². The second-order valence-electron chi connectivity index (χ2n) is 13.0. The fourth-order valence-corrected chi connectivity index (χ4v) is 7.70. The van der Waals surface area contributed by atoms with E-state index in [4.69, 9.17) is 9.47 Å². The van der Waals surface area contributed by atoms with Crippen molar-refractivity contribution in [2.45, 2.75) is 79.1 Å².